The summed E-state index contributed by atoms with van der Waals surface area (Å²) in [7, 11) is 0. The SMILES string of the molecule is Cc1nc2ccccc2cc1C(=O)NC1CCN(c2ccc(C#N)cc2)CC1. The second-order valence-electron chi connectivity index (χ2n) is 7.21. The Labute approximate surface area is 164 Å². The number of pyridine rings is 1. The Morgan fingerprint density at radius 2 is 1.86 bits per heavy atom. The highest BCUT2D eigenvalue weighted by Gasteiger charge is 2.22. The maximum Gasteiger partial charge on any atom is 0.253 e. The lowest BCUT2D eigenvalue weighted by Crippen LogP contribution is -2.44. The van der Waals surface area contributed by atoms with E-state index in [0.717, 1.165) is 48.2 Å². The van der Waals surface area contributed by atoms with E-state index >= 15 is 0 Å². The molecular formula is C23H22N4O. The number of carbonyl (C=O) groups is 1. The van der Waals surface area contributed by atoms with Crippen molar-refractivity contribution in [1.29, 1.82) is 5.26 Å². The Morgan fingerprint density at radius 1 is 1.14 bits per heavy atom. The van der Waals surface area contributed by atoms with Crippen molar-refractivity contribution in [2.45, 2.75) is 25.8 Å². The highest BCUT2D eigenvalue weighted by Crippen LogP contribution is 2.21. The van der Waals surface area contributed by atoms with E-state index in [0.29, 0.717) is 11.1 Å². The lowest BCUT2D eigenvalue weighted by molar-refractivity contribution is 0.0930. The molecule has 1 aliphatic heterocycles. The number of anilines is 1. The molecule has 5 heteroatoms. The summed E-state index contributed by atoms with van der Waals surface area (Å²) in [5, 5.41) is 13.1. The Kier molecular flexibility index (Phi) is 4.94. The zero-order valence-electron chi connectivity index (χ0n) is 15.9. The van der Waals surface area contributed by atoms with Crippen LogP contribution in [0.25, 0.3) is 10.9 Å². The Bertz CT molecular complexity index is 1040. The summed E-state index contributed by atoms with van der Waals surface area (Å²) in [6.07, 6.45) is 1.79. The average molecular weight is 370 g/mol. The first kappa shape index (κ1) is 18.0. The monoisotopic (exact) mass is 370 g/mol. The van der Waals surface area contributed by atoms with Crippen molar-refractivity contribution in [1.82, 2.24) is 10.3 Å². The predicted octanol–water partition coefficient (Wildman–Crippen LogP) is 3.81. The molecule has 1 aromatic heterocycles. The normalized spacial score (nSPS) is 14.6. The van der Waals surface area contributed by atoms with E-state index in [4.69, 9.17) is 5.26 Å². The average Bonchev–Trinajstić information content (AvgIpc) is 2.74. The second-order valence-corrected chi connectivity index (χ2v) is 7.21. The fourth-order valence-electron chi connectivity index (χ4n) is 3.73. The van der Waals surface area contributed by atoms with Crippen LogP contribution in [0.5, 0.6) is 0 Å². The van der Waals surface area contributed by atoms with Gasteiger partial charge in [0, 0.05) is 30.2 Å². The standard InChI is InChI=1S/C23H22N4O/c1-16-21(14-18-4-2-3-5-22(18)25-16)23(28)26-19-10-12-27(13-11-19)20-8-6-17(15-24)7-9-20/h2-9,14,19H,10-13H2,1H3,(H,26,28). The van der Waals surface area contributed by atoms with Gasteiger partial charge in [0.05, 0.1) is 28.4 Å². The molecule has 0 unspecified atom stereocenters. The van der Waals surface area contributed by atoms with Crippen molar-refractivity contribution in [2.24, 2.45) is 0 Å². The van der Waals surface area contributed by atoms with E-state index in [-0.39, 0.29) is 11.9 Å². The second kappa shape index (κ2) is 7.69. The number of nitrogens with zero attached hydrogens (tertiary/aromatic N) is 3. The number of carbonyl (C=O) groups excluding carboxylic acids is 1. The largest absolute Gasteiger partial charge is 0.371 e. The number of amides is 1. The van der Waals surface area contributed by atoms with Crippen LogP contribution in [0.2, 0.25) is 0 Å². The molecule has 140 valence electrons. The van der Waals surface area contributed by atoms with E-state index in [1.807, 2.05) is 61.5 Å². The van der Waals surface area contributed by atoms with Gasteiger partial charge in [0.25, 0.3) is 5.91 Å². The molecule has 2 heterocycles. The Morgan fingerprint density at radius 3 is 2.57 bits per heavy atom. The number of rotatable bonds is 3. The van der Waals surface area contributed by atoms with Crippen LogP contribution < -0.4 is 10.2 Å². The van der Waals surface area contributed by atoms with Gasteiger partial charge < -0.3 is 10.2 Å². The van der Waals surface area contributed by atoms with Crippen LogP contribution >= 0.6 is 0 Å². The molecule has 1 N–H and O–H groups in total. The van der Waals surface area contributed by atoms with Crippen molar-refractivity contribution in [3.8, 4) is 6.07 Å². The van der Waals surface area contributed by atoms with Crippen LogP contribution in [0.3, 0.4) is 0 Å². The molecule has 0 bridgehead atoms. The third kappa shape index (κ3) is 3.67. The molecular weight excluding hydrogens is 348 g/mol. The van der Waals surface area contributed by atoms with Crippen LogP contribution in [0.15, 0.2) is 54.6 Å². The smallest absolute Gasteiger partial charge is 0.253 e. The van der Waals surface area contributed by atoms with Gasteiger partial charge >= 0.3 is 0 Å². The van der Waals surface area contributed by atoms with Gasteiger partial charge in [0.15, 0.2) is 0 Å². The summed E-state index contributed by atoms with van der Waals surface area (Å²) in [5.74, 6) is -0.0485. The molecule has 28 heavy (non-hydrogen) atoms. The molecule has 1 amide bonds. The van der Waals surface area contributed by atoms with Gasteiger partial charge in [-0.15, -0.1) is 0 Å². The number of para-hydroxylation sites is 1. The van der Waals surface area contributed by atoms with Crippen LogP contribution in [0.4, 0.5) is 5.69 Å². The summed E-state index contributed by atoms with van der Waals surface area (Å²) < 4.78 is 0. The fraction of sp³-hybridized carbons (Fsp3) is 0.261. The minimum atomic E-state index is -0.0485. The lowest BCUT2D eigenvalue weighted by atomic mass is 10.0. The molecule has 1 fully saturated rings. The number of piperidine rings is 1. The van der Waals surface area contributed by atoms with Crippen LogP contribution in [-0.4, -0.2) is 30.0 Å². The molecule has 5 nitrogen and oxygen atoms in total. The van der Waals surface area contributed by atoms with Gasteiger partial charge in [-0.2, -0.15) is 5.26 Å². The van der Waals surface area contributed by atoms with Gasteiger partial charge in [-0.25, -0.2) is 0 Å². The maximum absolute atomic E-state index is 12.8. The van der Waals surface area contributed by atoms with E-state index in [1.165, 1.54) is 0 Å². The van der Waals surface area contributed by atoms with Gasteiger partial charge in [0.2, 0.25) is 0 Å². The summed E-state index contributed by atoms with van der Waals surface area (Å²) in [4.78, 5) is 19.7. The van der Waals surface area contributed by atoms with E-state index in [9.17, 15) is 4.79 Å². The molecule has 0 atom stereocenters. The molecule has 0 saturated carbocycles. The van der Waals surface area contributed by atoms with Crippen molar-refractivity contribution in [2.75, 3.05) is 18.0 Å². The zero-order valence-corrected chi connectivity index (χ0v) is 15.9. The highest BCUT2D eigenvalue weighted by atomic mass is 16.1. The van der Waals surface area contributed by atoms with Crippen molar-refractivity contribution >= 4 is 22.5 Å². The van der Waals surface area contributed by atoms with E-state index in [2.05, 4.69) is 21.3 Å². The molecule has 0 aliphatic carbocycles. The van der Waals surface area contributed by atoms with Crippen LogP contribution in [-0.2, 0) is 0 Å². The minimum absolute atomic E-state index is 0.0485. The number of fused-ring (bicyclic) bond motifs is 1. The first-order chi connectivity index (χ1) is 13.6. The van der Waals surface area contributed by atoms with Crippen LogP contribution in [0.1, 0.15) is 34.5 Å². The summed E-state index contributed by atoms with van der Waals surface area (Å²) in [5.41, 5.74) is 4.11. The molecule has 0 spiro atoms. The first-order valence-corrected chi connectivity index (χ1v) is 9.56. The number of benzene rings is 2. The number of hydrogen-bond acceptors (Lipinski definition) is 4. The Balaban J connectivity index is 1.40. The number of nitrogens with one attached hydrogen (secondary N) is 1. The lowest BCUT2D eigenvalue weighted by Gasteiger charge is -2.34. The quantitative estimate of drug-likeness (QED) is 0.761. The third-order valence-electron chi connectivity index (χ3n) is 5.35. The molecule has 1 saturated heterocycles. The van der Waals surface area contributed by atoms with Crippen molar-refractivity contribution in [3.63, 3.8) is 0 Å². The molecule has 3 aromatic rings. The summed E-state index contributed by atoms with van der Waals surface area (Å²) >= 11 is 0. The number of aryl methyl sites for hydroxylation is 1. The number of hydrogen-bond donors (Lipinski definition) is 1. The first-order valence-electron chi connectivity index (χ1n) is 9.56. The van der Waals surface area contributed by atoms with Crippen molar-refractivity contribution < 1.29 is 4.79 Å². The van der Waals surface area contributed by atoms with Gasteiger partial charge in [-0.05, 0) is 56.2 Å². The third-order valence-corrected chi connectivity index (χ3v) is 5.35. The molecule has 1 aliphatic rings. The van der Waals surface area contributed by atoms with Gasteiger partial charge in [0.1, 0.15) is 0 Å². The van der Waals surface area contributed by atoms with Crippen molar-refractivity contribution in [3.05, 3.63) is 71.4 Å². The maximum atomic E-state index is 12.8. The predicted molar refractivity (Wildman–Crippen MR) is 110 cm³/mol. The molecule has 4 rings (SSSR count). The Hall–Kier alpha value is -3.39. The number of nitriles is 1. The van der Waals surface area contributed by atoms with Gasteiger partial charge in [-0.3, -0.25) is 9.78 Å². The van der Waals surface area contributed by atoms with Crippen LogP contribution in [0, 0.1) is 18.3 Å². The van der Waals surface area contributed by atoms with Gasteiger partial charge in [-0.1, -0.05) is 18.2 Å². The fourth-order valence-corrected chi connectivity index (χ4v) is 3.73. The molecule has 0 radical (unpaired) electrons. The van der Waals surface area contributed by atoms with E-state index < -0.39 is 0 Å². The zero-order chi connectivity index (χ0) is 19.5. The van der Waals surface area contributed by atoms with E-state index in [1.54, 1.807) is 0 Å². The minimum Gasteiger partial charge on any atom is -0.371 e. The molecule has 2 aromatic carbocycles. The highest BCUT2D eigenvalue weighted by molar-refractivity contribution is 5.98. The topological polar surface area (TPSA) is 69.0 Å². The number of aromatic nitrogens is 1. The summed E-state index contributed by atoms with van der Waals surface area (Å²) in [6.45, 7) is 3.65. The summed E-state index contributed by atoms with van der Waals surface area (Å²) in [6, 6.07) is 19.8.